The number of hydrogen-bond acceptors (Lipinski definition) is 4. The standard InChI is InChI=1S/C22H34N2S2/c1-2-6-20(7-3-1)8-4-11-23-12-5-9-22(18-23)10-13-24(19-22)21-16-25-14-15-26-17-21/h1-3,6-7,21H,4-5,8-19H2. The van der Waals surface area contributed by atoms with Crippen molar-refractivity contribution in [3.05, 3.63) is 35.9 Å². The second-order valence-corrected chi connectivity index (χ2v) is 10.8. The van der Waals surface area contributed by atoms with E-state index in [1.54, 1.807) is 0 Å². The normalized spacial score (nSPS) is 29.2. The van der Waals surface area contributed by atoms with Crippen LogP contribution in [0.1, 0.15) is 31.2 Å². The third-order valence-electron chi connectivity index (χ3n) is 6.50. The van der Waals surface area contributed by atoms with Gasteiger partial charge in [-0.3, -0.25) is 4.90 Å². The number of aryl methyl sites for hydroxylation is 1. The average molecular weight is 391 g/mol. The zero-order valence-electron chi connectivity index (χ0n) is 16.1. The van der Waals surface area contributed by atoms with Gasteiger partial charge in [0, 0.05) is 42.1 Å². The van der Waals surface area contributed by atoms with Crippen molar-refractivity contribution >= 4 is 23.5 Å². The van der Waals surface area contributed by atoms with E-state index < -0.39 is 0 Å². The van der Waals surface area contributed by atoms with Gasteiger partial charge in [-0.1, -0.05) is 30.3 Å². The number of benzene rings is 1. The summed E-state index contributed by atoms with van der Waals surface area (Å²) in [6.07, 6.45) is 6.85. The molecule has 1 aromatic rings. The topological polar surface area (TPSA) is 6.48 Å². The Morgan fingerprint density at radius 2 is 1.77 bits per heavy atom. The molecule has 3 heterocycles. The molecule has 0 saturated carbocycles. The number of nitrogens with zero attached hydrogens (tertiary/aromatic N) is 2. The highest BCUT2D eigenvalue weighted by molar-refractivity contribution is 8.03. The summed E-state index contributed by atoms with van der Waals surface area (Å²) in [5, 5.41) is 0. The molecule has 26 heavy (non-hydrogen) atoms. The van der Waals surface area contributed by atoms with E-state index in [1.807, 2.05) is 0 Å². The smallest absolute Gasteiger partial charge is 0.0277 e. The molecule has 0 bridgehead atoms. The van der Waals surface area contributed by atoms with Crippen LogP contribution < -0.4 is 0 Å². The first-order valence-corrected chi connectivity index (χ1v) is 12.8. The minimum Gasteiger partial charge on any atom is -0.303 e. The lowest BCUT2D eigenvalue weighted by atomic mass is 9.79. The third-order valence-corrected chi connectivity index (χ3v) is 8.98. The molecule has 1 unspecified atom stereocenters. The minimum absolute atomic E-state index is 0.604. The maximum atomic E-state index is 2.86. The number of likely N-dealkylation sites (tertiary alicyclic amines) is 2. The number of piperidine rings is 1. The van der Waals surface area contributed by atoms with E-state index in [0.717, 1.165) is 6.04 Å². The van der Waals surface area contributed by atoms with E-state index in [1.165, 1.54) is 93.4 Å². The summed E-state index contributed by atoms with van der Waals surface area (Å²) >= 11 is 4.36. The summed E-state index contributed by atoms with van der Waals surface area (Å²) in [7, 11) is 0. The summed E-state index contributed by atoms with van der Waals surface area (Å²) < 4.78 is 0. The van der Waals surface area contributed by atoms with E-state index in [-0.39, 0.29) is 0 Å². The Balaban J connectivity index is 1.26. The predicted molar refractivity (Wildman–Crippen MR) is 117 cm³/mol. The molecule has 4 rings (SSSR count). The molecule has 0 aliphatic carbocycles. The van der Waals surface area contributed by atoms with E-state index in [2.05, 4.69) is 63.7 Å². The van der Waals surface area contributed by atoms with E-state index in [9.17, 15) is 0 Å². The SMILES string of the molecule is c1ccc(CCCN2CCCC3(CCN(C4CSCCSC4)C3)C2)cc1. The first-order chi connectivity index (χ1) is 12.8. The van der Waals surface area contributed by atoms with E-state index in [4.69, 9.17) is 0 Å². The van der Waals surface area contributed by atoms with Crippen molar-refractivity contribution in [3.8, 4) is 0 Å². The molecule has 1 spiro atoms. The van der Waals surface area contributed by atoms with Gasteiger partial charge in [0.1, 0.15) is 0 Å². The summed E-state index contributed by atoms with van der Waals surface area (Å²) in [5.74, 6) is 5.44. The van der Waals surface area contributed by atoms with Gasteiger partial charge in [-0.25, -0.2) is 0 Å². The van der Waals surface area contributed by atoms with Crippen LogP contribution in [0.3, 0.4) is 0 Å². The Morgan fingerprint density at radius 1 is 0.962 bits per heavy atom. The van der Waals surface area contributed by atoms with Gasteiger partial charge in [0.05, 0.1) is 0 Å². The Hall–Kier alpha value is -0.160. The molecule has 3 saturated heterocycles. The van der Waals surface area contributed by atoms with Crippen molar-refractivity contribution in [3.63, 3.8) is 0 Å². The van der Waals surface area contributed by atoms with E-state index >= 15 is 0 Å². The zero-order valence-corrected chi connectivity index (χ0v) is 17.7. The van der Waals surface area contributed by atoms with Gasteiger partial charge in [0.25, 0.3) is 0 Å². The van der Waals surface area contributed by atoms with Crippen LogP contribution in [-0.4, -0.2) is 71.6 Å². The monoisotopic (exact) mass is 390 g/mol. The molecule has 3 aliphatic rings. The van der Waals surface area contributed by atoms with Gasteiger partial charge in [-0.2, -0.15) is 23.5 Å². The van der Waals surface area contributed by atoms with E-state index in [0.29, 0.717) is 5.41 Å². The van der Waals surface area contributed by atoms with Gasteiger partial charge in [-0.15, -0.1) is 0 Å². The Labute approximate surface area is 168 Å². The predicted octanol–water partition coefficient (Wildman–Crippen LogP) is 4.26. The molecule has 0 amide bonds. The Kier molecular flexibility index (Phi) is 6.90. The summed E-state index contributed by atoms with van der Waals surface area (Å²) in [4.78, 5) is 5.64. The molecule has 0 N–H and O–H groups in total. The highest BCUT2D eigenvalue weighted by Crippen LogP contribution is 2.40. The van der Waals surface area contributed by atoms with Crippen LogP contribution >= 0.6 is 23.5 Å². The highest BCUT2D eigenvalue weighted by atomic mass is 32.2. The molecule has 2 nitrogen and oxygen atoms in total. The van der Waals surface area contributed by atoms with Crippen LogP contribution in [0.5, 0.6) is 0 Å². The van der Waals surface area contributed by atoms with Crippen LogP contribution in [0, 0.1) is 5.41 Å². The van der Waals surface area contributed by atoms with Gasteiger partial charge >= 0.3 is 0 Å². The van der Waals surface area contributed by atoms with Crippen LogP contribution in [0.15, 0.2) is 30.3 Å². The molecule has 144 valence electrons. The second kappa shape index (κ2) is 9.36. The molecular weight excluding hydrogens is 356 g/mol. The lowest BCUT2D eigenvalue weighted by Gasteiger charge is -2.41. The van der Waals surface area contributed by atoms with Crippen molar-refractivity contribution in [2.24, 2.45) is 5.41 Å². The minimum atomic E-state index is 0.604. The maximum Gasteiger partial charge on any atom is 0.0277 e. The van der Waals surface area contributed by atoms with Gasteiger partial charge < -0.3 is 4.90 Å². The molecule has 1 aromatic carbocycles. The zero-order chi connectivity index (χ0) is 17.7. The van der Waals surface area contributed by atoms with Gasteiger partial charge in [-0.05, 0) is 62.7 Å². The van der Waals surface area contributed by atoms with Crippen molar-refractivity contribution < 1.29 is 0 Å². The summed E-state index contributed by atoms with van der Waals surface area (Å²) in [5.41, 5.74) is 2.10. The van der Waals surface area contributed by atoms with Crippen LogP contribution in [0.4, 0.5) is 0 Å². The average Bonchev–Trinajstić information content (AvgIpc) is 2.89. The van der Waals surface area contributed by atoms with Gasteiger partial charge in [0.2, 0.25) is 0 Å². The molecule has 3 aliphatic heterocycles. The highest BCUT2D eigenvalue weighted by Gasteiger charge is 2.42. The molecule has 3 fully saturated rings. The quantitative estimate of drug-likeness (QED) is 0.741. The van der Waals surface area contributed by atoms with Crippen molar-refractivity contribution in [1.29, 1.82) is 0 Å². The first-order valence-electron chi connectivity index (χ1n) is 10.5. The van der Waals surface area contributed by atoms with Gasteiger partial charge in [0.15, 0.2) is 0 Å². The molecule has 4 heteroatoms. The molecule has 0 aromatic heterocycles. The Bertz CT molecular complexity index is 544. The van der Waals surface area contributed by atoms with Crippen molar-refractivity contribution in [2.45, 2.75) is 38.1 Å². The molecular formula is C22H34N2S2. The summed E-state index contributed by atoms with van der Waals surface area (Å²) in [6.45, 7) is 6.68. The van der Waals surface area contributed by atoms with Crippen molar-refractivity contribution in [1.82, 2.24) is 9.80 Å². The Morgan fingerprint density at radius 3 is 2.58 bits per heavy atom. The van der Waals surface area contributed by atoms with Crippen molar-refractivity contribution in [2.75, 3.05) is 55.7 Å². The third kappa shape index (κ3) is 5.01. The fourth-order valence-corrected chi connectivity index (χ4v) is 7.71. The number of rotatable bonds is 5. The second-order valence-electron chi connectivity index (χ2n) is 8.49. The van der Waals surface area contributed by atoms with Crippen LogP contribution in [0.2, 0.25) is 0 Å². The largest absolute Gasteiger partial charge is 0.303 e. The molecule has 0 radical (unpaired) electrons. The molecule has 1 atom stereocenters. The maximum absolute atomic E-state index is 2.86. The lowest BCUT2D eigenvalue weighted by Crippen LogP contribution is -2.46. The van der Waals surface area contributed by atoms with Crippen LogP contribution in [0.25, 0.3) is 0 Å². The fraction of sp³-hybridized carbons (Fsp3) is 0.727. The lowest BCUT2D eigenvalue weighted by molar-refractivity contribution is 0.0886. The fourth-order valence-electron chi connectivity index (χ4n) is 5.08. The number of hydrogen-bond donors (Lipinski definition) is 0. The number of thioether (sulfide) groups is 2. The first kappa shape index (κ1) is 19.2. The van der Waals surface area contributed by atoms with Crippen LogP contribution in [-0.2, 0) is 6.42 Å². The summed E-state index contributed by atoms with van der Waals surface area (Å²) in [6, 6.07) is 11.8.